The minimum atomic E-state index is -0.398. The first kappa shape index (κ1) is 11.8. The first-order chi connectivity index (χ1) is 9.20. The third kappa shape index (κ3) is 1.59. The molecule has 3 saturated carbocycles. The molecule has 0 heterocycles. The van der Waals surface area contributed by atoms with Gasteiger partial charge in [-0.25, -0.2) is 8.78 Å². The fourth-order valence-corrected chi connectivity index (χ4v) is 5.00. The van der Waals surface area contributed by atoms with Gasteiger partial charge in [0.25, 0.3) is 0 Å². The van der Waals surface area contributed by atoms with E-state index in [0.29, 0.717) is 23.3 Å². The molecule has 1 aromatic rings. The predicted molar refractivity (Wildman–Crippen MR) is 67.7 cm³/mol. The standard InChI is InChI=1S/C15H18F2N2/c16-9-3-4-11(17)10(6-9)15(19-18)14-12-7-1-2-8(5-7)13(12)14/h3-4,6-8,12-15,19H,1-2,5,18H2. The highest BCUT2D eigenvalue weighted by Crippen LogP contribution is 2.72. The Hall–Kier alpha value is -1.00. The van der Waals surface area contributed by atoms with Crippen LogP contribution >= 0.6 is 0 Å². The van der Waals surface area contributed by atoms with E-state index in [-0.39, 0.29) is 11.9 Å². The van der Waals surface area contributed by atoms with Crippen molar-refractivity contribution in [2.24, 2.45) is 35.4 Å². The summed E-state index contributed by atoms with van der Waals surface area (Å²) in [5, 5.41) is 0. The monoisotopic (exact) mass is 264 g/mol. The van der Waals surface area contributed by atoms with Crippen LogP contribution in [0.25, 0.3) is 0 Å². The van der Waals surface area contributed by atoms with Crippen LogP contribution in [0.5, 0.6) is 0 Å². The van der Waals surface area contributed by atoms with Crippen LogP contribution in [0.4, 0.5) is 8.78 Å². The van der Waals surface area contributed by atoms with E-state index in [1.807, 2.05) is 0 Å². The number of hydrogen-bond acceptors (Lipinski definition) is 2. The molecule has 1 aromatic carbocycles. The van der Waals surface area contributed by atoms with E-state index in [2.05, 4.69) is 5.43 Å². The number of nitrogens with two attached hydrogens (primary N) is 1. The van der Waals surface area contributed by atoms with Crippen molar-refractivity contribution in [2.45, 2.75) is 25.3 Å². The molecule has 19 heavy (non-hydrogen) atoms. The normalized spacial score (nSPS) is 40.3. The minimum Gasteiger partial charge on any atom is -0.271 e. The Morgan fingerprint density at radius 3 is 2.47 bits per heavy atom. The molecule has 3 fully saturated rings. The Morgan fingerprint density at radius 2 is 1.84 bits per heavy atom. The summed E-state index contributed by atoms with van der Waals surface area (Å²) in [4.78, 5) is 0. The lowest BCUT2D eigenvalue weighted by Crippen LogP contribution is -2.32. The first-order valence-corrected chi connectivity index (χ1v) is 7.12. The van der Waals surface area contributed by atoms with E-state index < -0.39 is 5.82 Å². The van der Waals surface area contributed by atoms with Gasteiger partial charge >= 0.3 is 0 Å². The zero-order valence-corrected chi connectivity index (χ0v) is 10.7. The predicted octanol–water partition coefficient (Wildman–Crippen LogP) is 2.76. The molecule has 4 heteroatoms. The highest BCUT2D eigenvalue weighted by molar-refractivity contribution is 5.28. The van der Waals surface area contributed by atoms with Gasteiger partial charge in [0.1, 0.15) is 11.6 Å². The Labute approximate surface area is 111 Å². The van der Waals surface area contributed by atoms with Gasteiger partial charge < -0.3 is 0 Å². The summed E-state index contributed by atoms with van der Waals surface area (Å²) in [5.41, 5.74) is 3.13. The molecule has 0 aliphatic heterocycles. The van der Waals surface area contributed by atoms with Crippen LogP contribution < -0.4 is 11.3 Å². The van der Waals surface area contributed by atoms with Crippen molar-refractivity contribution in [2.75, 3.05) is 0 Å². The summed E-state index contributed by atoms with van der Waals surface area (Å²) in [6.07, 6.45) is 3.96. The fourth-order valence-electron chi connectivity index (χ4n) is 5.00. The smallest absolute Gasteiger partial charge is 0.128 e. The Morgan fingerprint density at radius 1 is 1.16 bits per heavy atom. The van der Waals surface area contributed by atoms with Gasteiger partial charge in [-0.2, -0.15) is 0 Å². The number of halogens is 2. The number of hydrogen-bond donors (Lipinski definition) is 2. The SMILES string of the molecule is NNC(c1cc(F)ccc1F)C1C2C3CCC(C3)C21. The van der Waals surface area contributed by atoms with Crippen LogP contribution in [-0.4, -0.2) is 0 Å². The molecule has 3 aliphatic rings. The molecule has 0 saturated heterocycles. The lowest BCUT2D eigenvalue weighted by molar-refractivity contribution is 0.364. The summed E-state index contributed by atoms with van der Waals surface area (Å²) >= 11 is 0. The van der Waals surface area contributed by atoms with Crippen molar-refractivity contribution in [3.05, 3.63) is 35.4 Å². The van der Waals surface area contributed by atoms with Crippen LogP contribution in [-0.2, 0) is 0 Å². The van der Waals surface area contributed by atoms with Crippen LogP contribution in [0.1, 0.15) is 30.9 Å². The zero-order chi connectivity index (χ0) is 13.1. The molecule has 3 N–H and O–H groups in total. The molecule has 5 atom stereocenters. The van der Waals surface area contributed by atoms with Gasteiger partial charge in [-0.1, -0.05) is 0 Å². The molecule has 0 spiro atoms. The minimum absolute atomic E-state index is 0.242. The number of rotatable bonds is 3. The second-order valence-electron chi connectivity index (χ2n) is 6.38. The van der Waals surface area contributed by atoms with E-state index in [0.717, 1.165) is 17.9 Å². The molecule has 2 bridgehead atoms. The average molecular weight is 264 g/mol. The van der Waals surface area contributed by atoms with Gasteiger partial charge in [0.05, 0.1) is 6.04 Å². The molecule has 0 aromatic heterocycles. The van der Waals surface area contributed by atoms with E-state index >= 15 is 0 Å². The first-order valence-electron chi connectivity index (χ1n) is 7.12. The van der Waals surface area contributed by atoms with E-state index in [9.17, 15) is 8.78 Å². The molecule has 4 rings (SSSR count). The molecular formula is C15H18F2N2. The number of fused-ring (bicyclic) bond motifs is 5. The van der Waals surface area contributed by atoms with Gasteiger partial charge in [-0.15, -0.1) is 0 Å². The van der Waals surface area contributed by atoms with Crippen LogP contribution in [0.2, 0.25) is 0 Å². The molecular weight excluding hydrogens is 246 g/mol. The van der Waals surface area contributed by atoms with Crippen molar-refractivity contribution >= 4 is 0 Å². The van der Waals surface area contributed by atoms with Gasteiger partial charge in [-0.3, -0.25) is 11.3 Å². The van der Waals surface area contributed by atoms with Crippen molar-refractivity contribution in [3.8, 4) is 0 Å². The number of benzene rings is 1. The summed E-state index contributed by atoms with van der Waals surface area (Å²) in [7, 11) is 0. The molecule has 5 unspecified atom stereocenters. The van der Waals surface area contributed by atoms with Crippen molar-refractivity contribution in [1.29, 1.82) is 0 Å². The number of hydrazine groups is 1. The molecule has 2 nitrogen and oxygen atoms in total. The average Bonchev–Trinajstić information content (AvgIpc) is 2.82. The fraction of sp³-hybridized carbons (Fsp3) is 0.600. The zero-order valence-electron chi connectivity index (χ0n) is 10.7. The summed E-state index contributed by atoms with van der Waals surface area (Å²) in [6.45, 7) is 0. The van der Waals surface area contributed by atoms with Crippen LogP contribution in [0, 0.1) is 41.2 Å². The maximum absolute atomic E-state index is 13.9. The number of nitrogens with one attached hydrogen (secondary N) is 1. The van der Waals surface area contributed by atoms with Crippen molar-refractivity contribution in [3.63, 3.8) is 0 Å². The van der Waals surface area contributed by atoms with Gasteiger partial charge in [0.15, 0.2) is 0 Å². The lowest BCUT2D eigenvalue weighted by atomic mass is 9.93. The highest BCUT2D eigenvalue weighted by Gasteiger charge is 2.66. The molecule has 102 valence electrons. The van der Waals surface area contributed by atoms with Crippen LogP contribution in [0.15, 0.2) is 18.2 Å². The Bertz CT molecular complexity index is 503. The third-order valence-electron chi connectivity index (χ3n) is 5.65. The van der Waals surface area contributed by atoms with E-state index in [1.165, 1.54) is 31.4 Å². The Balaban J connectivity index is 1.64. The second kappa shape index (κ2) is 4.00. The van der Waals surface area contributed by atoms with Gasteiger partial charge in [-0.05, 0) is 67.1 Å². The maximum Gasteiger partial charge on any atom is 0.128 e. The topological polar surface area (TPSA) is 38.0 Å². The van der Waals surface area contributed by atoms with Gasteiger partial charge in [0, 0.05) is 5.56 Å². The quantitative estimate of drug-likeness (QED) is 0.651. The largest absolute Gasteiger partial charge is 0.271 e. The summed E-state index contributed by atoms with van der Waals surface area (Å²) < 4.78 is 27.3. The van der Waals surface area contributed by atoms with Crippen molar-refractivity contribution < 1.29 is 8.78 Å². The Kier molecular flexibility index (Phi) is 2.48. The van der Waals surface area contributed by atoms with E-state index in [4.69, 9.17) is 5.84 Å². The maximum atomic E-state index is 13.9. The van der Waals surface area contributed by atoms with Crippen LogP contribution in [0.3, 0.4) is 0 Å². The summed E-state index contributed by atoms with van der Waals surface area (Å²) in [6, 6.07) is 3.40. The second-order valence-corrected chi connectivity index (χ2v) is 6.38. The molecule has 0 radical (unpaired) electrons. The third-order valence-corrected chi connectivity index (χ3v) is 5.65. The lowest BCUT2D eigenvalue weighted by Gasteiger charge is -2.20. The van der Waals surface area contributed by atoms with Crippen molar-refractivity contribution in [1.82, 2.24) is 5.43 Å². The molecule has 3 aliphatic carbocycles. The summed E-state index contributed by atoms with van der Waals surface area (Å²) in [5.74, 6) is 8.24. The van der Waals surface area contributed by atoms with E-state index in [1.54, 1.807) is 0 Å². The van der Waals surface area contributed by atoms with Gasteiger partial charge in [0.2, 0.25) is 0 Å². The highest BCUT2D eigenvalue weighted by atomic mass is 19.1. The molecule has 0 amide bonds.